The van der Waals surface area contributed by atoms with E-state index >= 15 is 0 Å². The molecule has 0 aromatic heterocycles. The standard InChI is InChI=1S/C8H13BrF3N/c9-3-1-7-2-4-13(5-7)6-8(10,11)12/h7H,1-6H2. The van der Waals surface area contributed by atoms with Gasteiger partial charge < -0.3 is 0 Å². The molecule has 0 spiro atoms. The largest absolute Gasteiger partial charge is 0.401 e. The predicted octanol–water partition coefficient (Wildman–Crippen LogP) is 2.66. The summed E-state index contributed by atoms with van der Waals surface area (Å²) in [4.78, 5) is 1.49. The zero-order valence-corrected chi connectivity index (χ0v) is 8.87. The fourth-order valence-electron chi connectivity index (χ4n) is 1.70. The fourth-order valence-corrected chi connectivity index (χ4v) is 2.35. The lowest BCUT2D eigenvalue weighted by Gasteiger charge is -2.17. The summed E-state index contributed by atoms with van der Waals surface area (Å²) in [6.07, 6.45) is -2.15. The molecule has 0 bridgehead atoms. The number of alkyl halides is 4. The second kappa shape index (κ2) is 4.64. The summed E-state index contributed by atoms with van der Waals surface area (Å²) in [6, 6.07) is 0. The van der Waals surface area contributed by atoms with Crippen LogP contribution in [0.1, 0.15) is 12.8 Å². The zero-order chi connectivity index (χ0) is 9.90. The molecule has 0 amide bonds. The van der Waals surface area contributed by atoms with E-state index in [1.807, 2.05) is 0 Å². The number of rotatable bonds is 3. The van der Waals surface area contributed by atoms with E-state index < -0.39 is 12.7 Å². The minimum Gasteiger partial charge on any atom is -0.295 e. The molecule has 0 aliphatic carbocycles. The van der Waals surface area contributed by atoms with Crippen LogP contribution >= 0.6 is 15.9 Å². The lowest BCUT2D eigenvalue weighted by molar-refractivity contribution is -0.143. The highest BCUT2D eigenvalue weighted by Crippen LogP contribution is 2.24. The zero-order valence-electron chi connectivity index (χ0n) is 7.28. The first-order valence-corrected chi connectivity index (χ1v) is 5.48. The van der Waals surface area contributed by atoms with Gasteiger partial charge in [-0.1, -0.05) is 15.9 Å². The second-order valence-electron chi connectivity index (χ2n) is 3.48. The Morgan fingerprint density at radius 1 is 1.38 bits per heavy atom. The van der Waals surface area contributed by atoms with Crippen LogP contribution in [0.5, 0.6) is 0 Å². The third kappa shape index (κ3) is 4.31. The van der Waals surface area contributed by atoms with Gasteiger partial charge in [0.1, 0.15) is 0 Å². The summed E-state index contributed by atoms with van der Waals surface area (Å²) in [5.74, 6) is 0.446. The first kappa shape index (κ1) is 11.3. The quantitative estimate of drug-likeness (QED) is 0.705. The van der Waals surface area contributed by atoms with E-state index in [1.54, 1.807) is 0 Å². The van der Waals surface area contributed by atoms with E-state index in [0.29, 0.717) is 19.0 Å². The topological polar surface area (TPSA) is 3.24 Å². The van der Waals surface area contributed by atoms with Crippen molar-refractivity contribution in [2.24, 2.45) is 5.92 Å². The summed E-state index contributed by atoms with van der Waals surface area (Å²) in [7, 11) is 0. The normalized spacial score (nSPS) is 25.4. The summed E-state index contributed by atoms with van der Waals surface area (Å²) < 4.78 is 35.9. The Labute approximate surface area is 84.4 Å². The van der Waals surface area contributed by atoms with Gasteiger partial charge in [0.05, 0.1) is 6.54 Å². The molecule has 1 atom stereocenters. The molecule has 1 aliphatic rings. The molecule has 1 nitrogen and oxygen atoms in total. The molecule has 1 aliphatic heterocycles. The van der Waals surface area contributed by atoms with E-state index in [4.69, 9.17) is 0 Å². The molecule has 5 heteroatoms. The lowest BCUT2D eigenvalue weighted by Crippen LogP contribution is -2.32. The van der Waals surface area contributed by atoms with Gasteiger partial charge in [0.25, 0.3) is 0 Å². The summed E-state index contributed by atoms with van der Waals surface area (Å²) in [5.41, 5.74) is 0. The molecule has 0 N–H and O–H groups in total. The van der Waals surface area contributed by atoms with Crippen molar-refractivity contribution >= 4 is 15.9 Å². The van der Waals surface area contributed by atoms with Gasteiger partial charge in [0, 0.05) is 11.9 Å². The highest BCUT2D eigenvalue weighted by molar-refractivity contribution is 9.09. The molecule has 0 radical (unpaired) electrons. The highest BCUT2D eigenvalue weighted by atomic mass is 79.9. The Hall–Kier alpha value is 0.230. The average Bonchev–Trinajstić information content (AvgIpc) is 2.33. The van der Waals surface area contributed by atoms with E-state index in [2.05, 4.69) is 15.9 Å². The SMILES string of the molecule is FC(F)(F)CN1CCC(CCBr)C1. The lowest BCUT2D eigenvalue weighted by atomic mass is 10.1. The van der Waals surface area contributed by atoms with Crippen LogP contribution in [0.2, 0.25) is 0 Å². The van der Waals surface area contributed by atoms with Crippen molar-refractivity contribution in [1.82, 2.24) is 4.90 Å². The maximum atomic E-state index is 12.0. The third-order valence-electron chi connectivity index (χ3n) is 2.29. The van der Waals surface area contributed by atoms with Gasteiger partial charge >= 0.3 is 6.18 Å². The molecule has 1 fully saturated rings. The fraction of sp³-hybridized carbons (Fsp3) is 1.00. The first-order valence-electron chi connectivity index (χ1n) is 4.36. The summed E-state index contributed by atoms with van der Waals surface area (Å²) in [6.45, 7) is 0.452. The number of hydrogen-bond donors (Lipinski definition) is 0. The molecule has 1 rings (SSSR count). The Morgan fingerprint density at radius 2 is 2.08 bits per heavy atom. The van der Waals surface area contributed by atoms with Crippen LogP contribution < -0.4 is 0 Å². The van der Waals surface area contributed by atoms with Crippen LogP contribution in [0.4, 0.5) is 13.2 Å². The van der Waals surface area contributed by atoms with Crippen molar-refractivity contribution < 1.29 is 13.2 Å². The van der Waals surface area contributed by atoms with Crippen LogP contribution in [-0.2, 0) is 0 Å². The third-order valence-corrected chi connectivity index (χ3v) is 2.75. The number of nitrogens with zero attached hydrogens (tertiary/aromatic N) is 1. The van der Waals surface area contributed by atoms with E-state index in [-0.39, 0.29) is 0 Å². The van der Waals surface area contributed by atoms with E-state index in [0.717, 1.165) is 18.2 Å². The Kier molecular flexibility index (Phi) is 4.04. The Balaban J connectivity index is 2.25. The maximum Gasteiger partial charge on any atom is 0.401 e. The Morgan fingerprint density at radius 3 is 2.62 bits per heavy atom. The van der Waals surface area contributed by atoms with Crippen molar-refractivity contribution in [2.45, 2.75) is 19.0 Å². The van der Waals surface area contributed by atoms with Crippen molar-refractivity contribution in [3.05, 3.63) is 0 Å². The summed E-state index contributed by atoms with van der Waals surface area (Å²) in [5, 5.41) is 0.886. The van der Waals surface area contributed by atoms with Crippen LogP contribution in [0.3, 0.4) is 0 Å². The first-order chi connectivity index (χ1) is 6.01. The summed E-state index contributed by atoms with van der Waals surface area (Å²) >= 11 is 3.30. The van der Waals surface area contributed by atoms with Crippen LogP contribution in [-0.4, -0.2) is 36.0 Å². The van der Waals surface area contributed by atoms with Crippen molar-refractivity contribution in [1.29, 1.82) is 0 Å². The minimum absolute atomic E-state index is 0.446. The van der Waals surface area contributed by atoms with Crippen LogP contribution in [0.25, 0.3) is 0 Å². The number of hydrogen-bond acceptors (Lipinski definition) is 1. The molecular weight excluding hydrogens is 247 g/mol. The maximum absolute atomic E-state index is 12.0. The van der Waals surface area contributed by atoms with Crippen LogP contribution in [0.15, 0.2) is 0 Å². The van der Waals surface area contributed by atoms with Gasteiger partial charge in [-0.25, -0.2) is 0 Å². The van der Waals surface area contributed by atoms with Gasteiger partial charge in [-0.15, -0.1) is 0 Å². The van der Waals surface area contributed by atoms with Crippen LogP contribution in [0, 0.1) is 5.92 Å². The monoisotopic (exact) mass is 259 g/mol. The smallest absolute Gasteiger partial charge is 0.295 e. The van der Waals surface area contributed by atoms with E-state index in [9.17, 15) is 13.2 Å². The highest BCUT2D eigenvalue weighted by Gasteiger charge is 2.33. The minimum atomic E-state index is -4.04. The van der Waals surface area contributed by atoms with Gasteiger partial charge in [0.2, 0.25) is 0 Å². The molecular formula is C8H13BrF3N. The molecule has 1 heterocycles. The van der Waals surface area contributed by atoms with Gasteiger partial charge in [0.15, 0.2) is 0 Å². The van der Waals surface area contributed by atoms with Crippen molar-refractivity contribution in [2.75, 3.05) is 25.0 Å². The Bertz CT molecular complexity index is 160. The van der Waals surface area contributed by atoms with Gasteiger partial charge in [-0.05, 0) is 25.3 Å². The van der Waals surface area contributed by atoms with Crippen molar-refractivity contribution in [3.63, 3.8) is 0 Å². The van der Waals surface area contributed by atoms with Gasteiger partial charge in [-0.2, -0.15) is 13.2 Å². The molecule has 0 aromatic carbocycles. The second-order valence-corrected chi connectivity index (χ2v) is 4.28. The van der Waals surface area contributed by atoms with Crippen molar-refractivity contribution in [3.8, 4) is 0 Å². The molecule has 13 heavy (non-hydrogen) atoms. The predicted molar refractivity (Wildman–Crippen MR) is 49.0 cm³/mol. The molecule has 0 saturated carbocycles. The van der Waals surface area contributed by atoms with Gasteiger partial charge in [-0.3, -0.25) is 4.90 Å². The molecule has 78 valence electrons. The number of halogens is 4. The molecule has 1 unspecified atom stereocenters. The van der Waals surface area contributed by atoms with E-state index in [1.165, 1.54) is 4.90 Å². The molecule has 1 saturated heterocycles. The molecule has 0 aromatic rings. The number of likely N-dealkylation sites (tertiary alicyclic amines) is 1. The average molecular weight is 260 g/mol.